The van der Waals surface area contributed by atoms with Gasteiger partial charge in [0.15, 0.2) is 0 Å². The molecule has 24 heavy (non-hydrogen) atoms. The number of para-hydroxylation sites is 1. The number of fused-ring (bicyclic) bond motifs is 1. The van der Waals surface area contributed by atoms with Gasteiger partial charge in [0, 0.05) is 5.39 Å². The Balaban J connectivity index is 1.81. The van der Waals surface area contributed by atoms with E-state index in [9.17, 15) is 4.79 Å². The first-order chi connectivity index (χ1) is 11.7. The molecule has 0 aliphatic carbocycles. The van der Waals surface area contributed by atoms with Crippen LogP contribution >= 0.6 is 0 Å². The first-order valence-corrected chi connectivity index (χ1v) is 8.24. The van der Waals surface area contributed by atoms with Crippen LogP contribution in [0.2, 0.25) is 0 Å². The number of nitrogens with one attached hydrogen (secondary N) is 1. The Kier molecular flexibility index (Phi) is 4.80. The van der Waals surface area contributed by atoms with Crippen molar-refractivity contribution < 1.29 is 9.53 Å². The van der Waals surface area contributed by atoms with Gasteiger partial charge in [-0.05, 0) is 35.4 Å². The predicted octanol–water partition coefficient (Wildman–Crippen LogP) is 5.96. The largest absolute Gasteiger partial charge is 0.417 e. The molecule has 0 fully saturated rings. The van der Waals surface area contributed by atoms with Crippen molar-refractivity contribution in [1.82, 2.24) is 0 Å². The average molecular weight is 319 g/mol. The van der Waals surface area contributed by atoms with Gasteiger partial charge in [0.1, 0.15) is 5.75 Å². The number of rotatable bonds is 4. The highest BCUT2D eigenvalue weighted by Gasteiger charge is 2.13. The molecule has 1 N–H and O–H groups in total. The minimum Gasteiger partial charge on any atom is -0.410 e. The minimum atomic E-state index is -0.470. The summed E-state index contributed by atoms with van der Waals surface area (Å²) in [6.07, 6.45) is 0.521. The van der Waals surface area contributed by atoms with Crippen molar-refractivity contribution in [3.05, 3.63) is 72.3 Å². The van der Waals surface area contributed by atoms with E-state index in [-0.39, 0.29) is 0 Å². The molecule has 1 amide bonds. The Labute approximate surface area is 142 Å². The predicted molar refractivity (Wildman–Crippen MR) is 98.7 cm³/mol. The van der Waals surface area contributed by atoms with Crippen LogP contribution in [0.5, 0.6) is 5.75 Å². The molecule has 0 radical (unpaired) electrons. The van der Waals surface area contributed by atoms with Gasteiger partial charge in [-0.25, -0.2) is 4.79 Å². The van der Waals surface area contributed by atoms with E-state index in [0.29, 0.717) is 11.7 Å². The smallest absolute Gasteiger partial charge is 0.410 e. The third kappa shape index (κ3) is 3.40. The van der Waals surface area contributed by atoms with Crippen molar-refractivity contribution in [3.8, 4) is 5.75 Å². The lowest BCUT2D eigenvalue weighted by Crippen LogP contribution is -2.18. The summed E-state index contributed by atoms with van der Waals surface area (Å²) >= 11 is 0. The first kappa shape index (κ1) is 16.1. The van der Waals surface area contributed by atoms with E-state index in [1.54, 1.807) is 0 Å². The number of hydrogen-bond donors (Lipinski definition) is 1. The molecule has 3 rings (SSSR count). The van der Waals surface area contributed by atoms with Gasteiger partial charge in [0.05, 0.1) is 5.69 Å². The Morgan fingerprint density at radius 2 is 1.71 bits per heavy atom. The minimum absolute atomic E-state index is 0.339. The summed E-state index contributed by atoms with van der Waals surface area (Å²) in [7, 11) is 0. The molecule has 3 aromatic carbocycles. The summed E-state index contributed by atoms with van der Waals surface area (Å²) in [5.41, 5.74) is 1.80. The lowest BCUT2D eigenvalue weighted by molar-refractivity contribution is 0.214. The van der Waals surface area contributed by atoms with E-state index in [2.05, 4.69) is 19.2 Å². The Bertz CT molecular complexity index is 852. The summed E-state index contributed by atoms with van der Waals surface area (Å²) in [6.45, 7) is 4.25. The lowest BCUT2D eigenvalue weighted by atomic mass is 9.98. The summed E-state index contributed by atoms with van der Waals surface area (Å²) in [6, 6.07) is 21.5. The molecule has 3 aromatic rings. The number of ether oxygens (including phenoxy) is 1. The van der Waals surface area contributed by atoms with E-state index in [0.717, 1.165) is 28.4 Å². The number of anilines is 1. The van der Waals surface area contributed by atoms with Crippen molar-refractivity contribution in [1.29, 1.82) is 0 Å². The number of carbonyl (C=O) groups excluding carboxylic acids is 1. The van der Waals surface area contributed by atoms with Crippen LogP contribution < -0.4 is 10.1 Å². The molecule has 1 unspecified atom stereocenters. The normalized spacial score (nSPS) is 11.9. The number of hydrogen-bond acceptors (Lipinski definition) is 2. The van der Waals surface area contributed by atoms with Crippen LogP contribution in [-0.2, 0) is 0 Å². The summed E-state index contributed by atoms with van der Waals surface area (Å²) in [5, 5.41) is 4.93. The Hall–Kier alpha value is -2.81. The number of benzene rings is 3. The molecule has 0 aliphatic heterocycles. The van der Waals surface area contributed by atoms with Crippen molar-refractivity contribution in [2.24, 2.45) is 0 Å². The highest BCUT2D eigenvalue weighted by atomic mass is 16.6. The maximum atomic E-state index is 12.4. The summed E-state index contributed by atoms with van der Waals surface area (Å²) < 4.78 is 5.57. The van der Waals surface area contributed by atoms with E-state index in [1.165, 1.54) is 0 Å². The van der Waals surface area contributed by atoms with Crippen LogP contribution in [0.25, 0.3) is 10.8 Å². The molecular weight excluding hydrogens is 298 g/mol. The molecule has 3 heteroatoms. The van der Waals surface area contributed by atoms with E-state index < -0.39 is 6.09 Å². The zero-order chi connectivity index (χ0) is 16.9. The van der Waals surface area contributed by atoms with Crippen molar-refractivity contribution in [2.45, 2.75) is 26.2 Å². The van der Waals surface area contributed by atoms with Gasteiger partial charge in [-0.15, -0.1) is 0 Å². The topological polar surface area (TPSA) is 38.3 Å². The van der Waals surface area contributed by atoms with Gasteiger partial charge in [-0.1, -0.05) is 68.4 Å². The fourth-order valence-electron chi connectivity index (χ4n) is 2.77. The van der Waals surface area contributed by atoms with Crippen molar-refractivity contribution in [3.63, 3.8) is 0 Å². The highest BCUT2D eigenvalue weighted by Crippen LogP contribution is 2.29. The fraction of sp³-hybridized carbons (Fsp3) is 0.190. The molecule has 0 spiro atoms. The lowest BCUT2D eigenvalue weighted by Gasteiger charge is -2.15. The van der Waals surface area contributed by atoms with Crippen molar-refractivity contribution in [2.75, 3.05) is 5.32 Å². The standard InChI is InChI=1S/C21H21NO2/c1-3-15(2)17-11-6-7-14-20(17)24-21(23)22-19-13-8-10-16-9-4-5-12-18(16)19/h4-15H,3H2,1-2H3,(H,22,23). The molecule has 3 nitrogen and oxygen atoms in total. The van der Waals surface area contributed by atoms with Crippen LogP contribution in [0, 0.1) is 0 Å². The van der Waals surface area contributed by atoms with Gasteiger partial charge in [-0.3, -0.25) is 5.32 Å². The van der Waals surface area contributed by atoms with Crippen LogP contribution in [0.3, 0.4) is 0 Å². The number of amides is 1. The van der Waals surface area contributed by atoms with E-state index in [1.807, 2.05) is 66.7 Å². The molecule has 0 aliphatic rings. The average Bonchev–Trinajstić information content (AvgIpc) is 2.62. The van der Waals surface area contributed by atoms with E-state index in [4.69, 9.17) is 4.74 Å². The summed E-state index contributed by atoms with van der Waals surface area (Å²) in [4.78, 5) is 12.4. The molecule has 0 heterocycles. The second kappa shape index (κ2) is 7.18. The molecule has 122 valence electrons. The monoisotopic (exact) mass is 319 g/mol. The second-order valence-electron chi connectivity index (χ2n) is 5.89. The zero-order valence-corrected chi connectivity index (χ0v) is 14.0. The number of carbonyl (C=O) groups is 1. The maximum Gasteiger partial charge on any atom is 0.417 e. The van der Waals surface area contributed by atoms with Crippen LogP contribution in [0.1, 0.15) is 31.7 Å². The third-order valence-corrected chi connectivity index (χ3v) is 4.29. The van der Waals surface area contributed by atoms with Gasteiger partial charge in [0.25, 0.3) is 0 Å². The first-order valence-electron chi connectivity index (χ1n) is 8.24. The molecule has 0 aromatic heterocycles. The molecule has 0 bridgehead atoms. The van der Waals surface area contributed by atoms with Crippen LogP contribution in [0.4, 0.5) is 10.5 Å². The highest BCUT2D eigenvalue weighted by molar-refractivity contribution is 6.00. The van der Waals surface area contributed by atoms with Gasteiger partial charge < -0.3 is 4.74 Å². The molecular formula is C21H21NO2. The van der Waals surface area contributed by atoms with Crippen LogP contribution in [-0.4, -0.2) is 6.09 Å². The van der Waals surface area contributed by atoms with Crippen molar-refractivity contribution >= 4 is 22.6 Å². The maximum absolute atomic E-state index is 12.4. The fourth-order valence-corrected chi connectivity index (χ4v) is 2.77. The second-order valence-corrected chi connectivity index (χ2v) is 5.89. The quantitative estimate of drug-likeness (QED) is 0.644. The summed E-state index contributed by atoms with van der Waals surface area (Å²) in [5.74, 6) is 0.955. The molecule has 1 atom stereocenters. The van der Waals surface area contributed by atoms with Gasteiger partial charge in [-0.2, -0.15) is 0 Å². The molecule has 0 saturated heterocycles. The van der Waals surface area contributed by atoms with Gasteiger partial charge >= 0.3 is 6.09 Å². The third-order valence-electron chi connectivity index (χ3n) is 4.29. The Morgan fingerprint density at radius 3 is 2.54 bits per heavy atom. The SMILES string of the molecule is CCC(C)c1ccccc1OC(=O)Nc1cccc2ccccc12. The molecule has 0 saturated carbocycles. The van der Waals surface area contributed by atoms with E-state index >= 15 is 0 Å². The van der Waals surface area contributed by atoms with Crippen LogP contribution in [0.15, 0.2) is 66.7 Å². The van der Waals surface area contributed by atoms with Gasteiger partial charge in [0.2, 0.25) is 0 Å². The zero-order valence-electron chi connectivity index (χ0n) is 14.0. The Morgan fingerprint density at radius 1 is 1.00 bits per heavy atom.